The van der Waals surface area contributed by atoms with Crippen LogP contribution in [0.15, 0.2) is 22.7 Å². The standard InChI is InChI=1S/C15H15BrClNO2S/c1-3-9-12(18)14(15(19)20-4-2)21-13(9)10-7-8(16)5-6-11(10)17/h5-7H,3-4,18H2,1-2H3. The number of nitrogens with two attached hydrogens (primary N) is 1. The van der Waals surface area contributed by atoms with Crippen molar-refractivity contribution in [2.24, 2.45) is 0 Å². The van der Waals surface area contributed by atoms with Gasteiger partial charge in [0.25, 0.3) is 0 Å². The highest BCUT2D eigenvalue weighted by Gasteiger charge is 2.22. The number of hydrogen-bond acceptors (Lipinski definition) is 4. The van der Waals surface area contributed by atoms with Crippen molar-refractivity contribution in [3.8, 4) is 10.4 Å². The summed E-state index contributed by atoms with van der Waals surface area (Å²) < 4.78 is 5.99. The average Bonchev–Trinajstić information content (AvgIpc) is 2.78. The molecule has 0 unspecified atom stereocenters. The highest BCUT2D eigenvalue weighted by atomic mass is 79.9. The van der Waals surface area contributed by atoms with E-state index in [0.29, 0.717) is 22.2 Å². The molecule has 0 aliphatic rings. The first kappa shape index (κ1) is 16.3. The van der Waals surface area contributed by atoms with E-state index in [2.05, 4.69) is 15.9 Å². The van der Waals surface area contributed by atoms with Crippen LogP contribution in [0.4, 0.5) is 5.69 Å². The van der Waals surface area contributed by atoms with Crippen molar-refractivity contribution in [2.75, 3.05) is 12.3 Å². The zero-order valence-electron chi connectivity index (χ0n) is 11.7. The predicted molar refractivity (Wildman–Crippen MR) is 92.2 cm³/mol. The molecule has 0 saturated carbocycles. The molecule has 112 valence electrons. The van der Waals surface area contributed by atoms with Gasteiger partial charge in [0.2, 0.25) is 0 Å². The van der Waals surface area contributed by atoms with Gasteiger partial charge >= 0.3 is 5.97 Å². The molecule has 6 heteroatoms. The van der Waals surface area contributed by atoms with Gasteiger partial charge in [-0.3, -0.25) is 0 Å². The van der Waals surface area contributed by atoms with E-state index in [9.17, 15) is 4.79 Å². The number of anilines is 1. The molecule has 0 fully saturated rings. The molecule has 0 radical (unpaired) electrons. The van der Waals surface area contributed by atoms with Gasteiger partial charge in [0.15, 0.2) is 0 Å². The maximum atomic E-state index is 12.0. The molecule has 2 N–H and O–H groups in total. The summed E-state index contributed by atoms with van der Waals surface area (Å²) in [6.45, 7) is 4.10. The largest absolute Gasteiger partial charge is 0.462 e. The first-order valence-electron chi connectivity index (χ1n) is 6.53. The third-order valence-electron chi connectivity index (χ3n) is 3.04. The fourth-order valence-corrected chi connectivity index (χ4v) is 3.93. The summed E-state index contributed by atoms with van der Waals surface area (Å²) in [6, 6.07) is 5.63. The SMILES string of the molecule is CCOC(=O)c1sc(-c2cc(Br)ccc2Cl)c(CC)c1N. The normalized spacial score (nSPS) is 10.7. The smallest absolute Gasteiger partial charge is 0.350 e. The Kier molecular flexibility index (Phi) is 5.30. The maximum absolute atomic E-state index is 12.0. The number of benzene rings is 1. The number of carbonyl (C=O) groups is 1. The Labute approximate surface area is 141 Å². The second-order valence-corrected chi connectivity index (χ2v) is 6.69. The molecule has 2 aromatic rings. The first-order chi connectivity index (χ1) is 9.99. The topological polar surface area (TPSA) is 52.3 Å². The number of carbonyl (C=O) groups excluding carboxylic acids is 1. The molecule has 0 aliphatic heterocycles. The predicted octanol–water partition coefficient (Wildman–Crippen LogP) is 5.15. The fourth-order valence-electron chi connectivity index (χ4n) is 2.07. The summed E-state index contributed by atoms with van der Waals surface area (Å²) >= 11 is 11.1. The van der Waals surface area contributed by atoms with Gasteiger partial charge in [-0.1, -0.05) is 34.5 Å². The van der Waals surface area contributed by atoms with E-state index in [1.54, 1.807) is 6.92 Å². The van der Waals surface area contributed by atoms with Crippen LogP contribution in [-0.4, -0.2) is 12.6 Å². The van der Waals surface area contributed by atoms with Gasteiger partial charge in [-0.15, -0.1) is 11.3 Å². The number of rotatable bonds is 4. The van der Waals surface area contributed by atoms with Crippen LogP contribution in [-0.2, 0) is 11.2 Å². The van der Waals surface area contributed by atoms with Gasteiger partial charge in [0, 0.05) is 19.9 Å². The van der Waals surface area contributed by atoms with E-state index >= 15 is 0 Å². The highest BCUT2D eigenvalue weighted by molar-refractivity contribution is 9.10. The summed E-state index contributed by atoms with van der Waals surface area (Å²) in [5.74, 6) is -0.382. The Morgan fingerprint density at radius 3 is 2.76 bits per heavy atom. The number of halogens is 2. The van der Waals surface area contributed by atoms with Gasteiger partial charge in [0.05, 0.1) is 12.3 Å². The lowest BCUT2D eigenvalue weighted by molar-refractivity contribution is 0.0533. The molecule has 21 heavy (non-hydrogen) atoms. The van der Waals surface area contributed by atoms with Crippen LogP contribution in [0.25, 0.3) is 10.4 Å². The Hall–Kier alpha value is -1.04. The zero-order chi connectivity index (χ0) is 15.6. The Morgan fingerprint density at radius 1 is 1.43 bits per heavy atom. The number of nitrogen functional groups attached to an aromatic ring is 1. The number of esters is 1. The van der Waals surface area contributed by atoms with E-state index in [1.165, 1.54) is 11.3 Å². The Morgan fingerprint density at radius 2 is 2.14 bits per heavy atom. The highest BCUT2D eigenvalue weighted by Crippen LogP contribution is 2.42. The third kappa shape index (κ3) is 3.25. The van der Waals surface area contributed by atoms with E-state index in [1.807, 2.05) is 25.1 Å². The van der Waals surface area contributed by atoms with Crippen LogP contribution >= 0.6 is 38.9 Å². The number of hydrogen-bond donors (Lipinski definition) is 1. The van der Waals surface area contributed by atoms with E-state index in [4.69, 9.17) is 22.1 Å². The number of thiophene rings is 1. The van der Waals surface area contributed by atoms with Gasteiger partial charge in [0.1, 0.15) is 4.88 Å². The van der Waals surface area contributed by atoms with Crippen molar-refractivity contribution in [1.29, 1.82) is 0 Å². The van der Waals surface area contributed by atoms with Crippen molar-refractivity contribution in [3.05, 3.63) is 38.1 Å². The second-order valence-electron chi connectivity index (χ2n) is 4.35. The molecule has 0 spiro atoms. The minimum atomic E-state index is -0.382. The lowest BCUT2D eigenvalue weighted by Crippen LogP contribution is -2.05. The first-order valence-corrected chi connectivity index (χ1v) is 8.52. The van der Waals surface area contributed by atoms with Crippen molar-refractivity contribution in [1.82, 2.24) is 0 Å². The molecule has 0 aliphatic carbocycles. The van der Waals surface area contributed by atoms with Crippen LogP contribution in [0.1, 0.15) is 29.1 Å². The molecule has 1 heterocycles. The second kappa shape index (κ2) is 6.81. The minimum Gasteiger partial charge on any atom is -0.462 e. The molecule has 1 aromatic heterocycles. The Balaban J connectivity index is 2.61. The summed E-state index contributed by atoms with van der Waals surface area (Å²) in [7, 11) is 0. The summed E-state index contributed by atoms with van der Waals surface area (Å²) in [4.78, 5) is 13.4. The minimum absolute atomic E-state index is 0.324. The lowest BCUT2D eigenvalue weighted by atomic mass is 10.1. The molecule has 0 saturated heterocycles. The van der Waals surface area contributed by atoms with Crippen molar-refractivity contribution >= 4 is 50.5 Å². The van der Waals surface area contributed by atoms with E-state index < -0.39 is 0 Å². The van der Waals surface area contributed by atoms with Crippen LogP contribution < -0.4 is 5.73 Å². The van der Waals surface area contributed by atoms with Gasteiger partial charge in [-0.25, -0.2) is 4.79 Å². The number of ether oxygens (including phenoxy) is 1. The van der Waals surface area contributed by atoms with Gasteiger partial charge in [-0.2, -0.15) is 0 Å². The van der Waals surface area contributed by atoms with Crippen LogP contribution in [0.2, 0.25) is 5.02 Å². The van der Waals surface area contributed by atoms with Gasteiger partial charge < -0.3 is 10.5 Å². The van der Waals surface area contributed by atoms with Crippen LogP contribution in [0.5, 0.6) is 0 Å². The molecule has 3 nitrogen and oxygen atoms in total. The van der Waals surface area contributed by atoms with Crippen molar-refractivity contribution < 1.29 is 9.53 Å². The molecule has 2 rings (SSSR count). The summed E-state index contributed by atoms with van der Waals surface area (Å²) in [6.07, 6.45) is 0.722. The zero-order valence-corrected chi connectivity index (χ0v) is 14.9. The fraction of sp³-hybridized carbons (Fsp3) is 0.267. The molecule has 1 aromatic carbocycles. The van der Waals surface area contributed by atoms with Crippen LogP contribution in [0, 0.1) is 0 Å². The monoisotopic (exact) mass is 387 g/mol. The van der Waals surface area contributed by atoms with Crippen molar-refractivity contribution in [3.63, 3.8) is 0 Å². The third-order valence-corrected chi connectivity index (χ3v) is 5.12. The summed E-state index contributed by atoms with van der Waals surface area (Å²) in [5, 5.41) is 0.629. The molecular formula is C15H15BrClNO2S. The average molecular weight is 389 g/mol. The van der Waals surface area contributed by atoms with E-state index in [0.717, 1.165) is 26.9 Å². The lowest BCUT2D eigenvalue weighted by Gasteiger charge is -2.05. The quantitative estimate of drug-likeness (QED) is 0.737. The van der Waals surface area contributed by atoms with Crippen molar-refractivity contribution in [2.45, 2.75) is 20.3 Å². The van der Waals surface area contributed by atoms with Gasteiger partial charge in [-0.05, 0) is 37.1 Å². The summed E-state index contributed by atoms with van der Waals surface area (Å²) in [5.41, 5.74) is 8.42. The van der Waals surface area contributed by atoms with E-state index in [-0.39, 0.29) is 5.97 Å². The Bertz CT molecular complexity index is 685. The molecule has 0 atom stereocenters. The van der Waals surface area contributed by atoms with Crippen LogP contribution in [0.3, 0.4) is 0 Å². The molecular weight excluding hydrogens is 374 g/mol. The molecule has 0 amide bonds. The molecule has 0 bridgehead atoms. The maximum Gasteiger partial charge on any atom is 0.350 e.